The Kier molecular flexibility index (Phi) is 3.93. The van der Waals surface area contributed by atoms with E-state index in [4.69, 9.17) is 4.74 Å². The molecule has 7 nitrogen and oxygen atoms in total. The van der Waals surface area contributed by atoms with Crippen molar-refractivity contribution in [3.05, 3.63) is 34.4 Å². The molecule has 1 aromatic carbocycles. The predicted molar refractivity (Wildman–Crippen MR) is 74.6 cm³/mol. The zero-order valence-corrected chi connectivity index (χ0v) is 11.8. The number of hydrogen-bond acceptors (Lipinski definition) is 5. The summed E-state index contributed by atoms with van der Waals surface area (Å²) in [4.78, 5) is 33.7. The van der Waals surface area contributed by atoms with E-state index in [0.717, 1.165) is 0 Å². The maximum absolute atomic E-state index is 11.9. The van der Waals surface area contributed by atoms with Gasteiger partial charge in [0, 0.05) is 30.7 Å². The van der Waals surface area contributed by atoms with Gasteiger partial charge < -0.3 is 10.1 Å². The van der Waals surface area contributed by atoms with E-state index in [9.17, 15) is 19.7 Å². The SMILES string of the molecule is CC1(C)CC(CC(=O)Nc2cccc([N+](=O)[O-])c2)C(=O)O1. The monoisotopic (exact) mass is 292 g/mol. The van der Waals surface area contributed by atoms with Crippen LogP contribution in [0.25, 0.3) is 0 Å². The largest absolute Gasteiger partial charge is 0.459 e. The van der Waals surface area contributed by atoms with E-state index in [1.807, 2.05) is 0 Å². The van der Waals surface area contributed by atoms with Crippen LogP contribution >= 0.6 is 0 Å². The fourth-order valence-electron chi connectivity index (χ4n) is 2.36. The Morgan fingerprint density at radius 2 is 2.24 bits per heavy atom. The lowest BCUT2D eigenvalue weighted by Crippen LogP contribution is -2.19. The number of non-ortho nitro benzene ring substituents is 1. The molecule has 1 atom stereocenters. The van der Waals surface area contributed by atoms with Crippen LogP contribution in [0, 0.1) is 16.0 Å². The zero-order chi connectivity index (χ0) is 15.6. The molecular weight excluding hydrogens is 276 g/mol. The molecule has 1 saturated heterocycles. The number of anilines is 1. The van der Waals surface area contributed by atoms with Gasteiger partial charge in [0.2, 0.25) is 5.91 Å². The number of nitro groups is 1. The number of carbonyl (C=O) groups is 2. The number of carbonyl (C=O) groups excluding carboxylic acids is 2. The van der Waals surface area contributed by atoms with Crippen molar-refractivity contribution in [2.45, 2.75) is 32.3 Å². The first-order valence-corrected chi connectivity index (χ1v) is 6.54. The third-order valence-corrected chi connectivity index (χ3v) is 3.22. The summed E-state index contributed by atoms with van der Waals surface area (Å²) >= 11 is 0. The average molecular weight is 292 g/mol. The van der Waals surface area contributed by atoms with Gasteiger partial charge in [-0.1, -0.05) is 6.07 Å². The van der Waals surface area contributed by atoms with Crippen LogP contribution in [0.1, 0.15) is 26.7 Å². The molecule has 0 bridgehead atoms. The molecule has 0 radical (unpaired) electrons. The number of nitro benzene ring substituents is 1. The van der Waals surface area contributed by atoms with Crippen molar-refractivity contribution in [1.82, 2.24) is 0 Å². The first-order valence-electron chi connectivity index (χ1n) is 6.54. The summed E-state index contributed by atoms with van der Waals surface area (Å²) in [7, 11) is 0. The molecule has 7 heteroatoms. The zero-order valence-electron chi connectivity index (χ0n) is 11.8. The van der Waals surface area contributed by atoms with Gasteiger partial charge in [-0.05, 0) is 19.9 Å². The van der Waals surface area contributed by atoms with Crippen molar-refractivity contribution in [3.8, 4) is 0 Å². The number of hydrogen-bond donors (Lipinski definition) is 1. The van der Waals surface area contributed by atoms with E-state index in [1.54, 1.807) is 19.9 Å². The fraction of sp³-hybridized carbons (Fsp3) is 0.429. The summed E-state index contributed by atoms with van der Waals surface area (Å²) in [6.07, 6.45) is 0.485. The highest BCUT2D eigenvalue weighted by atomic mass is 16.6. The van der Waals surface area contributed by atoms with Crippen LogP contribution in [-0.2, 0) is 14.3 Å². The van der Waals surface area contributed by atoms with Crippen molar-refractivity contribution >= 4 is 23.3 Å². The number of nitrogens with one attached hydrogen (secondary N) is 1. The molecule has 0 spiro atoms. The van der Waals surface area contributed by atoms with Crippen LogP contribution in [0.5, 0.6) is 0 Å². The Bertz CT molecular complexity index is 597. The maximum Gasteiger partial charge on any atom is 0.310 e. The Balaban J connectivity index is 1.98. The quantitative estimate of drug-likeness (QED) is 0.521. The van der Waals surface area contributed by atoms with Gasteiger partial charge in [-0.3, -0.25) is 19.7 Å². The molecule has 1 aromatic rings. The van der Waals surface area contributed by atoms with Crippen molar-refractivity contribution in [3.63, 3.8) is 0 Å². The molecule has 1 fully saturated rings. The van der Waals surface area contributed by atoms with Gasteiger partial charge in [0.25, 0.3) is 5.69 Å². The summed E-state index contributed by atoms with van der Waals surface area (Å²) in [5.41, 5.74) is -0.317. The van der Waals surface area contributed by atoms with Crippen molar-refractivity contribution in [1.29, 1.82) is 0 Å². The van der Waals surface area contributed by atoms with Gasteiger partial charge in [-0.25, -0.2) is 0 Å². The second kappa shape index (κ2) is 5.51. The topological polar surface area (TPSA) is 98.5 Å². The highest BCUT2D eigenvalue weighted by Crippen LogP contribution is 2.32. The summed E-state index contributed by atoms with van der Waals surface area (Å²) in [6.45, 7) is 3.59. The Hall–Kier alpha value is -2.44. The number of cyclic esters (lactones) is 1. The third-order valence-electron chi connectivity index (χ3n) is 3.22. The Morgan fingerprint density at radius 1 is 1.52 bits per heavy atom. The van der Waals surface area contributed by atoms with Crippen molar-refractivity contribution < 1.29 is 19.2 Å². The van der Waals surface area contributed by atoms with Gasteiger partial charge in [-0.15, -0.1) is 0 Å². The Labute approximate surface area is 121 Å². The second-order valence-corrected chi connectivity index (χ2v) is 5.64. The number of benzene rings is 1. The van der Waals surface area contributed by atoms with Gasteiger partial charge in [0.05, 0.1) is 10.8 Å². The average Bonchev–Trinajstić information content (AvgIpc) is 2.62. The van der Waals surface area contributed by atoms with Crippen molar-refractivity contribution in [2.75, 3.05) is 5.32 Å². The number of nitrogens with zero attached hydrogens (tertiary/aromatic N) is 1. The van der Waals surface area contributed by atoms with Gasteiger partial charge in [0.15, 0.2) is 0 Å². The molecule has 1 heterocycles. The molecule has 1 unspecified atom stereocenters. The van der Waals surface area contributed by atoms with Crippen LogP contribution in [0.4, 0.5) is 11.4 Å². The highest BCUT2D eigenvalue weighted by Gasteiger charge is 2.40. The normalized spacial score (nSPS) is 19.9. The number of rotatable bonds is 4. The predicted octanol–water partition coefficient (Wildman–Crippen LogP) is 2.27. The number of esters is 1. The minimum Gasteiger partial charge on any atom is -0.459 e. The van der Waals surface area contributed by atoms with Crippen LogP contribution in [-0.4, -0.2) is 22.4 Å². The van der Waals surface area contributed by atoms with E-state index in [-0.39, 0.29) is 24.0 Å². The van der Waals surface area contributed by atoms with E-state index in [0.29, 0.717) is 12.1 Å². The lowest BCUT2D eigenvalue weighted by atomic mass is 9.94. The first kappa shape index (κ1) is 15.0. The standard InChI is InChI=1S/C14H16N2O5/c1-14(2)8-9(13(18)21-14)6-12(17)15-10-4-3-5-11(7-10)16(19)20/h3-5,7,9H,6,8H2,1-2H3,(H,15,17). The molecule has 1 N–H and O–H groups in total. The first-order chi connectivity index (χ1) is 9.77. The highest BCUT2D eigenvalue weighted by molar-refractivity contribution is 5.93. The van der Waals surface area contributed by atoms with E-state index in [1.165, 1.54) is 18.2 Å². The summed E-state index contributed by atoms with van der Waals surface area (Å²) in [5, 5.41) is 13.2. The molecule has 0 aliphatic carbocycles. The molecule has 1 amide bonds. The van der Waals surface area contributed by atoms with Gasteiger partial charge in [-0.2, -0.15) is 0 Å². The summed E-state index contributed by atoms with van der Waals surface area (Å²) in [5.74, 6) is -1.22. The smallest absolute Gasteiger partial charge is 0.310 e. The third kappa shape index (κ3) is 3.77. The van der Waals surface area contributed by atoms with Crippen LogP contribution in [0.15, 0.2) is 24.3 Å². The lowest BCUT2D eigenvalue weighted by molar-refractivity contribution is -0.384. The van der Waals surface area contributed by atoms with E-state index in [2.05, 4.69) is 5.32 Å². The van der Waals surface area contributed by atoms with E-state index >= 15 is 0 Å². The molecular formula is C14H16N2O5. The molecule has 0 saturated carbocycles. The minimum atomic E-state index is -0.548. The molecule has 0 aromatic heterocycles. The fourth-order valence-corrected chi connectivity index (χ4v) is 2.36. The van der Waals surface area contributed by atoms with E-state index < -0.39 is 16.4 Å². The second-order valence-electron chi connectivity index (χ2n) is 5.64. The number of ether oxygens (including phenoxy) is 1. The number of amides is 1. The van der Waals surface area contributed by atoms with Gasteiger partial charge >= 0.3 is 5.97 Å². The molecule has 1 aliphatic rings. The minimum absolute atomic E-state index is 0.00492. The van der Waals surface area contributed by atoms with Crippen LogP contribution in [0.3, 0.4) is 0 Å². The lowest BCUT2D eigenvalue weighted by Gasteiger charge is -2.14. The van der Waals surface area contributed by atoms with Crippen LogP contribution < -0.4 is 5.32 Å². The molecule has 1 aliphatic heterocycles. The maximum atomic E-state index is 11.9. The molecule has 2 rings (SSSR count). The summed E-state index contributed by atoms with van der Waals surface area (Å²) in [6, 6.07) is 5.66. The molecule has 112 valence electrons. The molecule has 21 heavy (non-hydrogen) atoms. The van der Waals surface area contributed by atoms with Gasteiger partial charge in [0.1, 0.15) is 5.60 Å². The Morgan fingerprint density at radius 3 is 2.81 bits per heavy atom. The van der Waals surface area contributed by atoms with Crippen molar-refractivity contribution in [2.24, 2.45) is 5.92 Å². The van der Waals surface area contributed by atoms with Crippen LogP contribution in [0.2, 0.25) is 0 Å². The summed E-state index contributed by atoms with van der Waals surface area (Å²) < 4.78 is 5.15.